The van der Waals surface area contributed by atoms with E-state index in [4.69, 9.17) is 9.47 Å². The number of carbonyl (C=O) groups is 1. The van der Waals surface area contributed by atoms with Crippen LogP contribution in [0.25, 0.3) is 6.08 Å². The molecule has 28 heavy (non-hydrogen) atoms. The number of likely N-dealkylation sites (tertiary alicyclic amines) is 2. The normalized spacial score (nSPS) is 26.0. The summed E-state index contributed by atoms with van der Waals surface area (Å²) in [5.41, 5.74) is 0.887. The van der Waals surface area contributed by atoms with Gasteiger partial charge in [-0.05, 0) is 50.9 Å². The van der Waals surface area contributed by atoms with Gasteiger partial charge in [0, 0.05) is 44.6 Å². The van der Waals surface area contributed by atoms with Gasteiger partial charge in [0.25, 0.3) is 0 Å². The summed E-state index contributed by atoms with van der Waals surface area (Å²) in [4.78, 5) is 17.6. The van der Waals surface area contributed by atoms with Crippen LogP contribution in [0.4, 0.5) is 0 Å². The van der Waals surface area contributed by atoms with Gasteiger partial charge < -0.3 is 19.3 Å². The zero-order chi connectivity index (χ0) is 19.4. The van der Waals surface area contributed by atoms with Crippen molar-refractivity contribution in [3.63, 3.8) is 0 Å². The van der Waals surface area contributed by atoms with Crippen LogP contribution in [0.2, 0.25) is 0 Å². The van der Waals surface area contributed by atoms with E-state index in [9.17, 15) is 4.79 Å². The Labute approximate surface area is 168 Å². The lowest BCUT2D eigenvalue weighted by molar-refractivity contribution is -0.137. The summed E-state index contributed by atoms with van der Waals surface area (Å²) >= 11 is 0. The molecule has 152 valence electrons. The van der Waals surface area contributed by atoms with Gasteiger partial charge in [0.1, 0.15) is 11.4 Å². The number of carbonyl (C=O) groups excluding carboxylic acids is 1. The van der Waals surface area contributed by atoms with Crippen LogP contribution in [0.3, 0.4) is 0 Å². The summed E-state index contributed by atoms with van der Waals surface area (Å²) in [6, 6.07) is 8.20. The molecule has 1 amide bonds. The van der Waals surface area contributed by atoms with E-state index < -0.39 is 0 Å². The Bertz CT molecular complexity index is 712. The van der Waals surface area contributed by atoms with Gasteiger partial charge in [0.2, 0.25) is 5.91 Å². The van der Waals surface area contributed by atoms with Crippen LogP contribution < -0.4 is 4.74 Å². The van der Waals surface area contributed by atoms with E-state index in [0.29, 0.717) is 5.91 Å². The first kappa shape index (κ1) is 19.5. The molecule has 0 aromatic heterocycles. The average Bonchev–Trinajstić information content (AvgIpc) is 2.94. The van der Waals surface area contributed by atoms with E-state index in [1.165, 1.54) is 0 Å². The number of para-hydroxylation sites is 1. The Kier molecular flexibility index (Phi) is 6.02. The lowest BCUT2D eigenvalue weighted by atomic mass is 9.91. The fourth-order valence-electron chi connectivity index (χ4n) is 4.71. The van der Waals surface area contributed by atoms with Gasteiger partial charge in [-0.1, -0.05) is 24.3 Å². The van der Waals surface area contributed by atoms with Crippen LogP contribution in [0.1, 0.15) is 37.7 Å². The number of rotatable bonds is 4. The van der Waals surface area contributed by atoms with Crippen LogP contribution in [-0.2, 0) is 9.53 Å². The molecular formula is C23H32N2O3. The molecule has 0 saturated carbocycles. The maximum Gasteiger partial charge on any atom is 0.225 e. The zero-order valence-electron chi connectivity index (χ0n) is 16.9. The lowest BCUT2D eigenvalue weighted by Gasteiger charge is -2.35. The highest BCUT2D eigenvalue weighted by Gasteiger charge is 2.37. The first-order valence-corrected chi connectivity index (χ1v) is 10.7. The van der Waals surface area contributed by atoms with Gasteiger partial charge in [-0.2, -0.15) is 0 Å². The second-order valence-electron chi connectivity index (χ2n) is 8.33. The molecule has 2 saturated heterocycles. The van der Waals surface area contributed by atoms with Gasteiger partial charge in [-0.3, -0.25) is 4.79 Å². The predicted octanol–water partition coefficient (Wildman–Crippen LogP) is 3.20. The van der Waals surface area contributed by atoms with Crippen molar-refractivity contribution in [3.05, 3.63) is 35.9 Å². The fourth-order valence-corrected chi connectivity index (χ4v) is 4.71. The number of benzene rings is 1. The van der Waals surface area contributed by atoms with Gasteiger partial charge in [0.05, 0.1) is 6.61 Å². The highest BCUT2D eigenvalue weighted by molar-refractivity contribution is 5.79. The van der Waals surface area contributed by atoms with Crippen molar-refractivity contribution in [2.75, 3.05) is 46.4 Å². The average molecular weight is 385 g/mol. The second kappa shape index (κ2) is 8.66. The molecule has 3 aliphatic heterocycles. The Balaban J connectivity index is 1.33. The highest BCUT2D eigenvalue weighted by atomic mass is 16.5. The molecule has 0 N–H and O–H groups in total. The summed E-state index contributed by atoms with van der Waals surface area (Å²) < 4.78 is 11.6. The molecule has 0 aliphatic carbocycles. The zero-order valence-corrected chi connectivity index (χ0v) is 16.9. The Morgan fingerprint density at radius 2 is 2.00 bits per heavy atom. The molecule has 1 atom stereocenters. The van der Waals surface area contributed by atoms with Gasteiger partial charge >= 0.3 is 0 Å². The summed E-state index contributed by atoms with van der Waals surface area (Å²) in [6.07, 6.45) is 9.17. The minimum absolute atomic E-state index is 0.177. The summed E-state index contributed by atoms with van der Waals surface area (Å²) in [5, 5.41) is 0. The van der Waals surface area contributed by atoms with Crippen LogP contribution in [0, 0.1) is 5.92 Å². The largest absolute Gasteiger partial charge is 0.483 e. The predicted molar refractivity (Wildman–Crippen MR) is 110 cm³/mol. The maximum absolute atomic E-state index is 13.1. The molecule has 2 fully saturated rings. The van der Waals surface area contributed by atoms with Crippen molar-refractivity contribution in [2.24, 2.45) is 5.92 Å². The molecule has 1 spiro atoms. The molecule has 0 bridgehead atoms. The smallest absolute Gasteiger partial charge is 0.225 e. The van der Waals surface area contributed by atoms with Gasteiger partial charge in [-0.25, -0.2) is 0 Å². The third-order valence-corrected chi connectivity index (χ3v) is 6.49. The van der Waals surface area contributed by atoms with Crippen molar-refractivity contribution in [3.8, 4) is 5.75 Å². The van der Waals surface area contributed by atoms with Crippen molar-refractivity contribution < 1.29 is 14.3 Å². The van der Waals surface area contributed by atoms with Crippen LogP contribution in [0.15, 0.2) is 30.3 Å². The first-order chi connectivity index (χ1) is 13.7. The number of fused-ring (bicyclic) bond motifs is 1. The molecule has 0 unspecified atom stereocenters. The number of nitrogens with zero attached hydrogens (tertiary/aromatic N) is 2. The molecule has 3 aliphatic rings. The van der Waals surface area contributed by atoms with E-state index >= 15 is 0 Å². The van der Waals surface area contributed by atoms with Crippen molar-refractivity contribution in [1.82, 2.24) is 9.80 Å². The van der Waals surface area contributed by atoms with Crippen molar-refractivity contribution in [1.29, 1.82) is 0 Å². The third-order valence-electron chi connectivity index (χ3n) is 6.49. The standard InChI is InChI=1S/C23H32N2O3/c1-27-18-17-24-14-8-20(9-15-24)22(26)25-13-4-10-23(12-16-25)11-7-19-5-2-3-6-21(19)28-23/h2-3,5-7,11,20H,4,8-10,12-18H2,1H3/t23-/m1/s1. The van der Waals surface area contributed by atoms with Crippen molar-refractivity contribution >= 4 is 12.0 Å². The third kappa shape index (κ3) is 4.26. The number of methoxy groups -OCH3 is 1. The van der Waals surface area contributed by atoms with Crippen LogP contribution in [-0.4, -0.2) is 67.7 Å². The SMILES string of the molecule is COCCN1CCC(C(=O)N2CCC[C@@]3(C=Cc4ccccc4O3)CC2)CC1. The van der Waals surface area contributed by atoms with Crippen LogP contribution in [0.5, 0.6) is 5.75 Å². The lowest BCUT2D eigenvalue weighted by Crippen LogP contribution is -2.44. The quantitative estimate of drug-likeness (QED) is 0.800. The topological polar surface area (TPSA) is 42.0 Å². The minimum Gasteiger partial charge on any atom is -0.483 e. The summed E-state index contributed by atoms with van der Waals surface area (Å²) in [5.74, 6) is 1.49. The van der Waals surface area contributed by atoms with E-state index in [1.54, 1.807) is 7.11 Å². The Morgan fingerprint density at radius 3 is 2.82 bits per heavy atom. The van der Waals surface area contributed by atoms with Crippen LogP contribution >= 0.6 is 0 Å². The minimum atomic E-state index is -0.257. The highest BCUT2D eigenvalue weighted by Crippen LogP contribution is 2.37. The number of piperidine rings is 1. The van der Waals surface area contributed by atoms with E-state index in [1.807, 2.05) is 18.2 Å². The molecule has 0 radical (unpaired) electrons. The molecule has 4 rings (SSSR count). The van der Waals surface area contributed by atoms with Gasteiger partial charge in [0.15, 0.2) is 0 Å². The molecule has 5 nitrogen and oxygen atoms in total. The Hall–Kier alpha value is -1.85. The molecule has 1 aromatic rings. The van der Waals surface area contributed by atoms with E-state index in [2.05, 4.69) is 28.0 Å². The Morgan fingerprint density at radius 1 is 1.18 bits per heavy atom. The molecule has 1 aromatic carbocycles. The monoisotopic (exact) mass is 384 g/mol. The van der Waals surface area contributed by atoms with Gasteiger partial charge in [-0.15, -0.1) is 0 Å². The number of amides is 1. The number of hydrogen-bond donors (Lipinski definition) is 0. The summed E-state index contributed by atoms with van der Waals surface area (Å²) in [6.45, 7) is 5.37. The number of hydrogen-bond acceptors (Lipinski definition) is 4. The first-order valence-electron chi connectivity index (χ1n) is 10.7. The molecular weight excluding hydrogens is 352 g/mol. The molecule has 3 heterocycles. The summed E-state index contributed by atoms with van der Waals surface area (Å²) in [7, 11) is 1.74. The van der Waals surface area contributed by atoms with E-state index in [-0.39, 0.29) is 11.5 Å². The van der Waals surface area contributed by atoms with E-state index in [0.717, 1.165) is 82.7 Å². The van der Waals surface area contributed by atoms with Crippen molar-refractivity contribution in [2.45, 2.75) is 37.7 Å². The number of ether oxygens (including phenoxy) is 2. The molecule has 5 heteroatoms. The maximum atomic E-state index is 13.1. The second-order valence-corrected chi connectivity index (χ2v) is 8.33. The fraction of sp³-hybridized carbons (Fsp3) is 0.609.